The molecule has 1 rings (SSSR count). The summed E-state index contributed by atoms with van der Waals surface area (Å²) in [7, 11) is 0. The Labute approximate surface area is 130 Å². The average molecular weight is 574 g/mol. The monoisotopic (exact) mass is 574 g/mol. The molecule has 0 radical (unpaired) electrons. The van der Waals surface area contributed by atoms with Crippen molar-refractivity contribution in [3.05, 3.63) is 46.2 Å². The molecule has 1 aromatic carbocycles. The largest absolute Gasteiger partial charge is 1.00 e. The molecule has 0 N–H and O–H groups in total. The molecule has 0 atom stereocenters. The second-order valence-electron chi connectivity index (χ2n) is 3.50. The Bertz CT molecular complexity index is 397. The van der Waals surface area contributed by atoms with Gasteiger partial charge in [-0.25, -0.2) is 0 Å². The second kappa shape index (κ2) is 7.21. The summed E-state index contributed by atoms with van der Waals surface area (Å²) in [5.41, 5.74) is 5.80. The van der Waals surface area contributed by atoms with Crippen molar-refractivity contribution in [2.24, 2.45) is 0 Å². The summed E-state index contributed by atoms with van der Waals surface area (Å²) in [4.78, 5) is 0. The van der Waals surface area contributed by atoms with E-state index in [0.29, 0.717) is 0 Å². The van der Waals surface area contributed by atoms with E-state index in [2.05, 4.69) is 11.8 Å². The van der Waals surface area contributed by atoms with Gasteiger partial charge in [0.25, 0.3) is 0 Å². The summed E-state index contributed by atoms with van der Waals surface area (Å²) in [5.74, 6) is 4.91. The minimum absolute atomic E-state index is 0. The molecule has 90 valence electrons. The van der Waals surface area contributed by atoms with Crippen molar-refractivity contribution in [1.29, 1.82) is 0 Å². The Morgan fingerprint density at radius 3 is 0.938 bits per heavy atom. The number of hydrogen-bond acceptors (Lipinski definition) is 0. The van der Waals surface area contributed by atoms with Gasteiger partial charge in [-0.2, -0.15) is 0 Å². The van der Waals surface area contributed by atoms with E-state index in [-0.39, 0.29) is 44.8 Å². The molecule has 2 heteroatoms. The Morgan fingerprint density at radius 1 is 0.625 bits per heavy atom. The van der Waals surface area contributed by atoms with Crippen molar-refractivity contribution in [3.8, 4) is 11.8 Å². The zero-order valence-corrected chi connectivity index (χ0v) is 13.9. The van der Waals surface area contributed by atoms with E-state index in [1.54, 1.807) is 0 Å². The van der Waals surface area contributed by atoms with E-state index >= 15 is 0 Å². The van der Waals surface area contributed by atoms with E-state index in [1.165, 1.54) is 0 Å². The minimum Gasteiger partial charge on any atom is -0.366 e. The molecule has 0 heterocycles. The van der Waals surface area contributed by atoms with Gasteiger partial charge in [0.15, 0.2) is 0 Å². The maximum atomic E-state index is 7.23. The van der Waals surface area contributed by atoms with Crippen LogP contribution in [0.1, 0.15) is 33.4 Å². The summed E-state index contributed by atoms with van der Waals surface area (Å²) in [6, 6.07) is 0. The van der Waals surface area contributed by atoms with Crippen LogP contribution < -0.4 is 0 Å². The van der Waals surface area contributed by atoms with Crippen LogP contribution in [0, 0.1) is 52.4 Å². The first kappa shape index (κ1) is 18.2. The maximum Gasteiger partial charge on any atom is 1.00 e. The van der Waals surface area contributed by atoms with Crippen molar-refractivity contribution in [3.63, 3.8) is 0 Å². The van der Waals surface area contributed by atoms with Gasteiger partial charge in [0, 0.05) is 0 Å². The van der Waals surface area contributed by atoms with Crippen LogP contribution in [-0.4, -0.2) is 0 Å². The molecule has 0 aliphatic heterocycles. The third-order valence-electron chi connectivity index (χ3n) is 2.88. The van der Waals surface area contributed by atoms with E-state index < -0.39 is 0 Å². The van der Waals surface area contributed by atoms with Crippen molar-refractivity contribution in [1.82, 2.24) is 0 Å². The molecule has 0 amide bonds. The van der Waals surface area contributed by atoms with Gasteiger partial charge in [-0.15, -0.1) is 33.4 Å². The molecule has 16 heavy (non-hydrogen) atoms. The number of benzene rings is 1. The fourth-order valence-corrected chi connectivity index (χ4v) is 1.69. The summed E-state index contributed by atoms with van der Waals surface area (Å²) < 4.78 is 0. The summed E-state index contributed by atoms with van der Waals surface area (Å²) in [5, 5.41) is 0. The van der Waals surface area contributed by atoms with Crippen LogP contribution in [0.2, 0.25) is 0 Å². The summed E-state index contributed by atoms with van der Waals surface area (Å²) in [6.45, 7) is 7.83. The molecule has 0 bridgehead atoms. The van der Waals surface area contributed by atoms with Gasteiger partial charge in [-0.3, -0.25) is 11.8 Å². The molecule has 0 aromatic heterocycles. The smallest absolute Gasteiger partial charge is 0.366 e. The van der Waals surface area contributed by atoms with E-state index in [0.717, 1.165) is 33.4 Å². The van der Waals surface area contributed by atoms with Crippen molar-refractivity contribution < 1.29 is 44.8 Å². The maximum absolute atomic E-state index is 7.23. The predicted octanol–water partition coefficient (Wildman–Crippen LogP) is 2.79. The van der Waals surface area contributed by atoms with Gasteiger partial charge in [-0.05, 0) is 0 Å². The molecule has 0 aliphatic carbocycles. The van der Waals surface area contributed by atoms with Crippen LogP contribution >= 0.6 is 0 Å². The molecule has 1 aromatic rings. The zero-order valence-electron chi connectivity index (χ0n) is 9.60. The Kier molecular flexibility index (Phi) is 8.19. The molecule has 0 saturated heterocycles. The Morgan fingerprint density at radius 2 is 0.812 bits per heavy atom. The van der Waals surface area contributed by atoms with Crippen molar-refractivity contribution >= 4 is 0 Å². The topological polar surface area (TPSA) is 0 Å². The zero-order chi connectivity index (χ0) is 10.9. The Balaban J connectivity index is 0. The molecule has 0 saturated carbocycles. The number of rotatable bonds is 0. The molecule has 0 nitrogen and oxygen atoms in total. The minimum atomic E-state index is 0. The fourth-order valence-electron chi connectivity index (χ4n) is 1.69. The molecule has 0 fully saturated rings. The molecular weight excluding hydrogens is 562 g/mol. The van der Waals surface area contributed by atoms with Gasteiger partial charge in [-0.1, -0.05) is 27.7 Å². The van der Waals surface area contributed by atoms with E-state index in [4.69, 9.17) is 12.8 Å². The number of hydrogen-bond donors (Lipinski definition) is 0. The normalized spacial score (nSPS) is 8.12. The quantitative estimate of drug-likeness (QED) is 0.254. The first-order valence-corrected chi connectivity index (χ1v) is 4.50. The van der Waals surface area contributed by atoms with Crippen LogP contribution in [0.4, 0.5) is 0 Å². The average Bonchev–Trinajstić information content (AvgIpc) is 2.17. The van der Waals surface area contributed by atoms with Gasteiger partial charge in [0.2, 0.25) is 0 Å². The molecule has 0 aliphatic rings. The molecule has 0 spiro atoms. The van der Waals surface area contributed by atoms with Crippen LogP contribution in [0.15, 0.2) is 0 Å². The second-order valence-corrected chi connectivity index (χ2v) is 3.50. The molecular formula is C14H12Au2. The summed E-state index contributed by atoms with van der Waals surface area (Å²) >= 11 is 0. The van der Waals surface area contributed by atoms with E-state index in [1.807, 2.05) is 27.7 Å². The van der Waals surface area contributed by atoms with E-state index in [9.17, 15) is 0 Å². The van der Waals surface area contributed by atoms with Crippen LogP contribution in [-0.2, 0) is 44.8 Å². The molecule has 0 unspecified atom stereocenters. The van der Waals surface area contributed by atoms with Gasteiger partial charge in [0.05, 0.1) is 0 Å². The standard InChI is InChI=1S/C14H12.2Au/c1-7-13-9(3)11(5)14(8-2)12(6)10(13)4;;/h3-6H3;;/q-2;2*+1. The SMILES string of the molecule is [Au+].[Au+].[C-]#Cc1c(C)c(C)c(C#[C-])c(C)c1C. The fraction of sp³-hybridized carbons (Fsp3) is 0.286. The third kappa shape index (κ3) is 2.93. The van der Waals surface area contributed by atoms with Crippen LogP contribution in [0.25, 0.3) is 0 Å². The predicted molar refractivity (Wildman–Crippen MR) is 57.9 cm³/mol. The van der Waals surface area contributed by atoms with Gasteiger partial charge < -0.3 is 12.8 Å². The third-order valence-corrected chi connectivity index (χ3v) is 2.88. The van der Waals surface area contributed by atoms with Crippen molar-refractivity contribution in [2.75, 3.05) is 0 Å². The van der Waals surface area contributed by atoms with Crippen molar-refractivity contribution in [2.45, 2.75) is 27.7 Å². The van der Waals surface area contributed by atoms with Gasteiger partial charge in [0.1, 0.15) is 0 Å². The summed E-state index contributed by atoms with van der Waals surface area (Å²) in [6.07, 6.45) is 14.5. The van der Waals surface area contributed by atoms with Crippen LogP contribution in [0.5, 0.6) is 0 Å². The Hall–Kier alpha value is -0.179. The first-order chi connectivity index (χ1) is 6.54. The van der Waals surface area contributed by atoms with Gasteiger partial charge >= 0.3 is 44.8 Å². The van der Waals surface area contributed by atoms with Crippen LogP contribution in [0.3, 0.4) is 0 Å². The first-order valence-electron chi connectivity index (χ1n) is 4.50.